The van der Waals surface area contributed by atoms with Gasteiger partial charge in [-0.25, -0.2) is 0 Å². The number of pyridine rings is 1. The number of benzene rings is 2. The van der Waals surface area contributed by atoms with E-state index in [-0.39, 0.29) is 11.9 Å². The number of nitrogens with one attached hydrogen (secondary N) is 1. The Morgan fingerprint density at radius 1 is 0.917 bits per heavy atom. The minimum atomic E-state index is -0.283. The third-order valence-electron chi connectivity index (χ3n) is 4.12. The zero-order chi connectivity index (χ0) is 16.9. The molecule has 0 aliphatic rings. The first-order valence-electron chi connectivity index (χ1n) is 8.08. The Hall–Kier alpha value is -2.94. The predicted molar refractivity (Wildman–Crippen MR) is 96.6 cm³/mol. The van der Waals surface area contributed by atoms with Crippen molar-refractivity contribution in [2.24, 2.45) is 0 Å². The molecule has 0 bridgehead atoms. The number of rotatable bonds is 4. The molecule has 0 fully saturated rings. The molecule has 1 amide bonds. The number of carbonyl (C=O) groups excluding carboxylic acids is 1. The van der Waals surface area contributed by atoms with E-state index in [1.165, 1.54) is 5.56 Å². The molecule has 0 spiro atoms. The normalized spacial score (nSPS) is 11.8. The molecule has 3 nitrogen and oxygen atoms in total. The van der Waals surface area contributed by atoms with E-state index in [9.17, 15) is 4.79 Å². The van der Waals surface area contributed by atoms with E-state index in [1.807, 2.05) is 97.5 Å². The van der Waals surface area contributed by atoms with Crippen LogP contribution in [0.25, 0.3) is 11.1 Å². The minimum absolute atomic E-state index is 0.0350. The van der Waals surface area contributed by atoms with Crippen LogP contribution in [0.3, 0.4) is 0 Å². The lowest BCUT2D eigenvalue weighted by Gasteiger charge is -2.13. The van der Waals surface area contributed by atoms with Gasteiger partial charge in [-0.15, -0.1) is 0 Å². The van der Waals surface area contributed by atoms with Crippen LogP contribution < -0.4 is 9.88 Å². The second kappa shape index (κ2) is 7.09. The average molecular weight is 317 g/mol. The lowest BCUT2D eigenvalue weighted by Crippen LogP contribution is -2.44. The van der Waals surface area contributed by atoms with Gasteiger partial charge < -0.3 is 5.32 Å². The molecule has 0 radical (unpaired) electrons. The van der Waals surface area contributed by atoms with Crippen molar-refractivity contribution in [2.75, 3.05) is 5.32 Å². The van der Waals surface area contributed by atoms with Crippen molar-refractivity contribution in [1.29, 1.82) is 0 Å². The summed E-state index contributed by atoms with van der Waals surface area (Å²) in [6, 6.07) is 21.7. The van der Waals surface area contributed by atoms with Gasteiger partial charge in [0.05, 0.1) is 0 Å². The zero-order valence-electron chi connectivity index (χ0n) is 13.9. The van der Waals surface area contributed by atoms with Crippen LogP contribution in [0.5, 0.6) is 0 Å². The molecular weight excluding hydrogens is 296 g/mol. The molecule has 3 aromatic rings. The number of anilines is 1. The van der Waals surface area contributed by atoms with E-state index in [1.54, 1.807) is 0 Å². The largest absolute Gasteiger partial charge is 0.320 e. The van der Waals surface area contributed by atoms with Gasteiger partial charge in [0.25, 0.3) is 5.91 Å². The standard InChI is InChI=1S/C21H20N2O/c1-16-12-14-23(15-13-16)17(2)21(24)22-20-11-7-6-10-19(20)18-8-4-3-5-9-18/h3-15,17H,1-2H3/p+1/t17-/m1/s1. The summed E-state index contributed by atoms with van der Waals surface area (Å²) in [5, 5.41) is 3.06. The molecule has 1 aromatic heterocycles. The van der Waals surface area contributed by atoms with Crippen molar-refractivity contribution < 1.29 is 9.36 Å². The van der Waals surface area contributed by atoms with E-state index in [0.717, 1.165) is 16.8 Å². The van der Waals surface area contributed by atoms with Crippen LogP contribution in [0.4, 0.5) is 5.69 Å². The monoisotopic (exact) mass is 317 g/mol. The Kier molecular flexibility index (Phi) is 4.71. The highest BCUT2D eigenvalue weighted by Gasteiger charge is 2.22. The maximum absolute atomic E-state index is 12.6. The van der Waals surface area contributed by atoms with Crippen LogP contribution in [0, 0.1) is 6.92 Å². The predicted octanol–water partition coefficient (Wildman–Crippen LogP) is 4.15. The summed E-state index contributed by atoms with van der Waals surface area (Å²) in [6.45, 7) is 3.93. The number of aromatic nitrogens is 1. The van der Waals surface area contributed by atoms with Gasteiger partial charge in [-0.1, -0.05) is 48.5 Å². The number of carbonyl (C=O) groups is 1. The number of para-hydroxylation sites is 1. The fraction of sp³-hybridized carbons (Fsp3) is 0.143. The van der Waals surface area contributed by atoms with E-state index >= 15 is 0 Å². The lowest BCUT2D eigenvalue weighted by molar-refractivity contribution is -0.705. The maximum Gasteiger partial charge on any atom is 0.293 e. The van der Waals surface area contributed by atoms with Crippen molar-refractivity contribution in [3.63, 3.8) is 0 Å². The van der Waals surface area contributed by atoms with Crippen molar-refractivity contribution >= 4 is 11.6 Å². The quantitative estimate of drug-likeness (QED) is 0.721. The molecule has 3 rings (SSSR count). The molecule has 0 aliphatic carbocycles. The SMILES string of the molecule is Cc1cc[n+]([C@H](C)C(=O)Nc2ccccc2-c2ccccc2)cc1. The highest BCUT2D eigenvalue weighted by molar-refractivity contribution is 5.96. The minimum Gasteiger partial charge on any atom is -0.320 e. The van der Waals surface area contributed by atoms with Crippen LogP contribution in [-0.4, -0.2) is 5.91 Å². The number of aryl methyl sites for hydroxylation is 1. The Labute approximate surface area is 142 Å². The molecule has 120 valence electrons. The van der Waals surface area contributed by atoms with E-state index < -0.39 is 0 Å². The number of hydrogen-bond donors (Lipinski definition) is 1. The van der Waals surface area contributed by atoms with Crippen LogP contribution >= 0.6 is 0 Å². The highest BCUT2D eigenvalue weighted by atomic mass is 16.2. The Morgan fingerprint density at radius 3 is 2.25 bits per heavy atom. The van der Waals surface area contributed by atoms with Crippen molar-refractivity contribution in [3.05, 3.63) is 84.7 Å². The molecule has 2 aromatic carbocycles. The fourth-order valence-electron chi connectivity index (χ4n) is 2.60. The van der Waals surface area contributed by atoms with Gasteiger partial charge in [0, 0.05) is 30.3 Å². The lowest BCUT2D eigenvalue weighted by atomic mass is 10.0. The summed E-state index contributed by atoms with van der Waals surface area (Å²) in [5.74, 6) is -0.0350. The van der Waals surface area contributed by atoms with Gasteiger partial charge in [-0.2, -0.15) is 4.57 Å². The molecule has 1 heterocycles. The molecule has 0 aliphatic heterocycles. The van der Waals surface area contributed by atoms with E-state index in [4.69, 9.17) is 0 Å². The third kappa shape index (κ3) is 3.51. The molecule has 0 unspecified atom stereocenters. The summed E-state index contributed by atoms with van der Waals surface area (Å²) in [6.07, 6.45) is 3.87. The maximum atomic E-state index is 12.6. The number of hydrogen-bond acceptors (Lipinski definition) is 1. The second-order valence-corrected chi connectivity index (χ2v) is 5.90. The van der Waals surface area contributed by atoms with Gasteiger partial charge in [0.2, 0.25) is 6.04 Å². The van der Waals surface area contributed by atoms with Crippen LogP contribution in [0.2, 0.25) is 0 Å². The Morgan fingerprint density at radius 2 is 1.54 bits per heavy atom. The van der Waals surface area contributed by atoms with Gasteiger partial charge in [0.15, 0.2) is 12.4 Å². The molecule has 0 saturated heterocycles. The molecule has 3 heteroatoms. The summed E-state index contributed by atoms with van der Waals surface area (Å²) >= 11 is 0. The highest BCUT2D eigenvalue weighted by Crippen LogP contribution is 2.27. The Bertz CT molecular complexity index is 826. The molecule has 24 heavy (non-hydrogen) atoms. The van der Waals surface area contributed by atoms with Crippen LogP contribution in [-0.2, 0) is 4.79 Å². The first kappa shape index (κ1) is 15.9. The van der Waals surface area contributed by atoms with Crippen molar-refractivity contribution in [3.8, 4) is 11.1 Å². The third-order valence-corrected chi connectivity index (χ3v) is 4.12. The summed E-state index contributed by atoms with van der Waals surface area (Å²) in [7, 11) is 0. The topological polar surface area (TPSA) is 33.0 Å². The van der Waals surface area contributed by atoms with Crippen molar-refractivity contribution in [1.82, 2.24) is 0 Å². The number of nitrogens with zero attached hydrogens (tertiary/aromatic N) is 1. The van der Waals surface area contributed by atoms with Crippen LogP contribution in [0.15, 0.2) is 79.1 Å². The molecular formula is C21H21N2O+. The van der Waals surface area contributed by atoms with Crippen molar-refractivity contribution in [2.45, 2.75) is 19.9 Å². The molecule has 1 atom stereocenters. The zero-order valence-corrected chi connectivity index (χ0v) is 13.9. The molecule has 0 saturated carbocycles. The fourth-order valence-corrected chi connectivity index (χ4v) is 2.60. The molecule has 1 N–H and O–H groups in total. The van der Waals surface area contributed by atoms with Gasteiger partial charge >= 0.3 is 0 Å². The first-order chi connectivity index (χ1) is 11.6. The van der Waals surface area contributed by atoms with E-state index in [2.05, 4.69) is 5.32 Å². The number of amides is 1. The average Bonchev–Trinajstić information content (AvgIpc) is 2.63. The Balaban J connectivity index is 1.83. The smallest absolute Gasteiger partial charge is 0.293 e. The first-order valence-corrected chi connectivity index (χ1v) is 8.08. The summed E-state index contributed by atoms with van der Waals surface area (Å²) in [4.78, 5) is 12.6. The van der Waals surface area contributed by atoms with Gasteiger partial charge in [0.1, 0.15) is 0 Å². The second-order valence-electron chi connectivity index (χ2n) is 5.90. The van der Waals surface area contributed by atoms with E-state index in [0.29, 0.717) is 0 Å². The van der Waals surface area contributed by atoms with Gasteiger partial charge in [-0.05, 0) is 24.1 Å². The van der Waals surface area contributed by atoms with Crippen LogP contribution in [0.1, 0.15) is 18.5 Å². The summed E-state index contributed by atoms with van der Waals surface area (Å²) < 4.78 is 1.91. The van der Waals surface area contributed by atoms with Gasteiger partial charge in [-0.3, -0.25) is 4.79 Å². The summed E-state index contributed by atoms with van der Waals surface area (Å²) in [5.41, 5.74) is 4.11.